The summed E-state index contributed by atoms with van der Waals surface area (Å²) in [4.78, 5) is 101. The lowest BCUT2D eigenvalue weighted by Gasteiger charge is -2.27. The number of H-pyrrole nitrogens is 1. The first-order valence-corrected chi connectivity index (χ1v) is 21.9. The quantitative estimate of drug-likeness (QED) is 0.0365. The van der Waals surface area contributed by atoms with Crippen molar-refractivity contribution >= 4 is 41.4 Å². The Hall–Kier alpha value is -7.12. The van der Waals surface area contributed by atoms with Crippen LogP contribution in [0.3, 0.4) is 0 Å². The van der Waals surface area contributed by atoms with Crippen LogP contribution in [0.5, 0.6) is 5.75 Å². The van der Waals surface area contributed by atoms with E-state index in [0.717, 1.165) is 0 Å². The van der Waals surface area contributed by atoms with Crippen molar-refractivity contribution in [1.82, 2.24) is 41.9 Å². The van der Waals surface area contributed by atoms with Gasteiger partial charge in [-0.1, -0.05) is 86.6 Å². The summed E-state index contributed by atoms with van der Waals surface area (Å²) >= 11 is 0. The van der Waals surface area contributed by atoms with E-state index >= 15 is 0 Å². The summed E-state index contributed by atoms with van der Waals surface area (Å²) in [6.45, 7) is 3.52. The zero-order valence-electron chi connectivity index (χ0n) is 37.2. The lowest BCUT2D eigenvalue weighted by molar-refractivity contribution is -0.142. The van der Waals surface area contributed by atoms with E-state index in [0.29, 0.717) is 41.8 Å². The molecular formula is C47H62N10O9. The van der Waals surface area contributed by atoms with Crippen molar-refractivity contribution < 1.29 is 43.8 Å². The zero-order chi connectivity index (χ0) is 48.0. The van der Waals surface area contributed by atoms with Crippen LogP contribution in [0, 0.1) is 5.92 Å². The molecule has 6 amide bonds. The molecular weight excluding hydrogens is 849 g/mol. The summed E-state index contributed by atoms with van der Waals surface area (Å²) < 4.78 is 0. The van der Waals surface area contributed by atoms with Crippen LogP contribution in [0.25, 0.3) is 0 Å². The van der Waals surface area contributed by atoms with Gasteiger partial charge in [0.1, 0.15) is 36.0 Å². The second-order valence-corrected chi connectivity index (χ2v) is 16.5. The number of carboxylic acids is 1. The number of nitrogens with zero attached hydrogens (tertiary/aromatic N) is 1. The minimum Gasteiger partial charge on any atom is -0.508 e. The summed E-state index contributed by atoms with van der Waals surface area (Å²) in [5, 5.41) is 35.5. The molecule has 19 heteroatoms. The summed E-state index contributed by atoms with van der Waals surface area (Å²) in [6, 6.07) is 16.5. The standard InChI is InChI=1S/C47H62N10O9/c1-29(2)21-37(53-41(59)27-51-42(60)35(49)22-32-16-18-34(58)19-17-32)44(62)55-38(23-30-11-5-3-6-12-30)45(63)56-39(25-33-26-50-28-52-33)46(64)54-36(15-9-10-20-48)43(61)57-40(47(65)66)24-31-13-7-4-8-14-31/h3-8,11-14,16-19,26,28-29,35-40,58H,9-10,15,20-25,27,48-49H2,1-2H3,(H,50,52)(H,51,60)(H,53,59)(H,54,64)(H,55,62)(H,56,63)(H,57,61)(H,65,66)/t35-,36-,37-,38-,39-,40-/m0/s1. The van der Waals surface area contributed by atoms with E-state index in [4.69, 9.17) is 11.5 Å². The number of aromatic nitrogens is 2. The molecule has 0 fully saturated rings. The van der Waals surface area contributed by atoms with E-state index in [9.17, 15) is 43.8 Å². The van der Waals surface area contributed by atoms with E-state index in [1.807, 2.05) is 13.8 Å². The molecule has 13 N–H and O–H groups in total. The van der Waals surface area contributed by atoms with Gasteiger partial charge in [0, 0.05) is 31.2 Å². The lowest BCUT2D eigenvalue weighted by atomic mass is 10.0. The number of aliphatic carboxylic acids is 1. The number of rotatable bonds is 27. The van der Waals surface area contributed by atoms with E-state index in [1.54, 1.807) is 72.8 Å². The number of carbonyl (C=O) groups is 7. The molecule has 0 unspecified atom stereocenters. The van der Waals surface area contributed by atoms with Crippen LogP contribution < -0.4 is 43.4 Å². The van der Waals surface area contributed by atoms with Gasteiger partial charge in [-0.05, 0) is 73.4 Å². The van der Waals surface area contributed by atoms with Crippen LogP contribution >= 0.6 is 0 Å². The number of carbonyl (C=O) groups excluding carboxylic acids is 6. The van der Waals surface area contributed by atoms with Gasteiger partial charge in [-0.25, -0.2) is 9.78 Å². The van der Waals surface area contributed by atoms with Crippen LogP contribution in [0.15, 0.2) is 97.5 Å². The number of hydrogen-bond acceptors (Lipinski definition) is 11. The number of aromatic hydroxyl groups is 1. The highest BCUT2D eigenvalue weighted by molar-refractivity contribution is 5.96. The molecule has 0 radical (unpaired) electrons. The molecule has 0 aliphatic carbocycles. The van der Waals surface area contributed by atoms with Gasteiger partial charge in [0.25, 0.3) is 0 Å². The molecule has 0 aliphatic heterocycles. The molecule has 1 aromatic heterocycles. The number of amides is 6. The highest BCUT2D eigenvalue weighted by Crippen LogP contribution is 2.13. The molecule has 1 heterocycles. The third kappa shape index (κ3) is 17.8. The number of unbranched alkanes of at least 4 members (excludes halogenated alkanes) is 1. The minimum atomic E-state index is -1.33. The zero-order valence-corrected chi connectivity index (χ0v) is 37.2. The lowest BCUT2D eigenvalue weighted by Crippen LogP contribution is -2.60. The predicted molar refractivity (Wildman–Crippen MR) is 245 cm³/mol. The highest BCUT2D eigenvalue weighted by atomic mass is 16.4. The van der Waals surface area contributed by atoms with Crippen molar-refractivity contribution in [2.24, 2.45) is 17.4 Å². The summed E-state index contributed by atoms with van der Waals surface area (Å²) in [5.74, 6) is -5.54. The Bertz CT molecular complexity index is 2170. The van der Waals surface area contributed by atoms with Crippen LogP contribution in [-0.4, -0.2) is 111 Å². The molecule has 0 saturated heterocycles. The maximum atomic E-state index is 14.4. The fourth-order valence-corrected chi connectivity index (χ4v) is 7.01. The number of carboxylic acid groups (broad SMARTS) is 1. The van der Waals surface area contributed by atoms with Gasteiger partial charge in [-0.2, -0.15) is 0 Å². The van der Waals surface area contributed by atoms with Crippen LogP contribution in [-0.2, 0) is 59.2 Å². The predicted octanol–water partition coefficient (Wildman–Crippen LogP) is 0.513. The number of nitrogens with two attached hydrogens (primary N) is 2. The number of phenolic OH excluding ortho intramolecular Hbond substituents is 1. The monoisotopic (exact) mass is 910 g/mol. The van der Waals surface area contributed by atoms with E-state index in [2.05, 4.69) is 41.9 Å². The number of aromatic amines is 1. The van der Waals surface area contributed by atoms with Crippen molar-refractivity contribution in [2.75, 3.05) is 13.1 Å². The maximum absolute atomic E-state index is 14.4. The summed E-state index contributed by atoms with van der Waals surface area (Å²) in [7, 11) is 0. The van der Waals surface area contributed by atoms with Gasteiger partial charge in [-0.15, -0.1) is 0 Å². The molecule has 66 heavy (non-hydrogen) atoms. The third-order valence-electron chi connectivity index (χ3n) is 10.5. The van der Waals surface area contributed by atoms with Gasteiger partial charge in [0.2, 0.25) is 35.4 Å². The number of nitrogens with one attached hydrogen (secondary N) is 7. The van der Waals surface area contributed by atoms with Gasteiger partial charge in [0.05, 0.1) is 18.9 Å². The molecule has 0 saturated carbocycles. The van der Waals surface area contributed by atoms with Crippen molar-refractivity contribution in [3.8, 4) is 5.75 Å². The normalized spacial score (nSPS) is 13.8. The van der Waals surface area contributed by atoms with Gasteiger partial charge < -0.3 is 58.6 Å². The molecule has 19 nitrogen and oxygen atoms in total. The average Bonchev–Trinajstić information content (AvgIpc) is 3.81. The SMILES string of the molecule is CC(C)C[C@H](NC(=O)CNC(=O)[C@@H](N)Cc1ccc(O)cc1)C(=O)N[C@@H](Cc1ccccc1)C(=O)N[C@@H](Cc1cnc[nH]1)C(=O)N[C@@H](CCCCN)C(=O)N[C@@H](Cc1ccccc1)C(=O)O. The molecule has 6 atom stereocenters. The van der Waals surface area contributed by atoms with Crippen LogP contribution in [0.2, 0.25) is 0 Å². The Balaban J connectivity index is 1.51. The van der Waals surface area contributed by atoms with Crippen molar-refractivity contribution in [1.29, 1.82) is 0 Å². The smallest absolute Gasteiger partial charge is 0.326 e. The second kappa shape index (κ2) is 26.6. The Kier molecular flexibility index (Phi) is 20.8. The highest BCUT2D eigenvalue weighted by Gasteiger charge is 2.33. The fourth-order valence-electron chi connectivity index (χ4n) is 7.01. The van der Waals surface area contributed by atoms with E-state index < -0.39 is 84.2 Å². The first-order valence-electron chi connectivity index (χ1n) is 21.9. The first-order chi connectivity index (χ1) is 31.6. The number of phenols is 1. The molecule has 0 bridgehead atoms. The van der Waals surface area contributed by atoms with Crippen molar-refractivity contribution in [3.05, 3.63) is 120 Å². The Morgan fingerprint density at radius 2 is 1.14 bits per heavy atom. The largest absolute Gasteiger partial charge is 0.508 e. The Labute approximate surface area is 383 Å². The Morgan fingerprint density at radius 1 is 0.621 bits per heavy atom. The van der Waals surface area contributed by atoms with Crippen molar-refractivity contribution in [2.45, 2.75) is 101 Å². The van der Waals surface area contributed by atoms with Gasteiger partial charge >= 0.3 is 5.97 Å². The summed E-state index contributed by atoms with van der Waals surface area (Å²) in [5.41, 5.74) is 14.3. The van der Waals surface area contributed by atoms with E-state index in [-0.39, 0.29) is 50.2 Å². The van der Waals surface area contributed by atoms with Crippen LogP contribution in [0.1, 0.15) is 61.9 Å². The second-order valence-electron chi connectivity index (χ2n) is 16.5. The number of hydrogen-bond donors (Lipinski definition) is 11. The first kappa shape index (κ1) is 51.5. The number of imidazole rings is 1. The van der Waals surface area contributed by atoms with Gasteiger partial charge in [0.15, 0.2) is 0 Å². The molecule has 0 aliphatic rings. The molecule has 0 spiro atoms. The van der Waals surface area contributed by atoms with Crippen molar-refractivity contribution in [3.63, 3.8) is 0 Å². The average molecular weight is 911 g/mol. The fraction of sp³-hybridized carbons (Fsp3) is 0.404. The maximum Gasteiger partial charge on any atom is 0.326 e. The Morgan fingerprint density at radius 3 is 1.68 bits per heavy atom. The van der Waals surface area contributed by atoms with E-state index in [1.165, 1.54) is 24.7 Å². The molecule has 4 rings (SSSR count). The molecule has 3 aromatic carbocycles. The minimum absolute atomic E-state index is 0.00555. The number of benzene rings is 3. The summed E-state index contributed by atoms with van der Waals surface area (Å²) in [6.07, 6.45) is 4.09. The molecule has 4 aromatic rings. The third-order valence-corrected chi connectivity index (χ3v) is 10.5. The molecule has 354 valence electrons. The van der Waals surface area contributed by atoms with Crippen LogP contribution in [0.4, 0.5) is 0 Å². The topological polar surface area (TPSA) is 313 Å². The van der Waals surface area contributed by atoms with Gasteiger partial charge in [-0.3, -0.25) is 28.8 Å².